The largest absolute Gasteiger partial charge is 0.286 e. The zero-order valence-corrected chi connectivity index (χ0v) is 10.4. The predicted molar refractivity (Wildman–Crippen MR) is 72.2 cm³/mol. The molecule has 0 atom stereocenters. The van der Waals surface area contributed by atoms with Crippen molar-refractivity contribution in [2.24, 2.45) is 0 Å². The fourth-order valence-electron chi connectivity index (χ4n) is 1.86. The lowest BCUT2D eigenvalue weighted by Crippen LogP contribution is -2.22. The molecule has 2 aromatic rings. The highest BCUT2D eigenvalue weighted by Crippen LogP contribution is 2.17. The molecule has 1 amide bonds. The second-order valence-corrected chi connectivity index (χ2v) is 4.26. The molecule has 18 heavy (non-hydrogen) atoms. The lowest BCUT2D eigenvalue weighted by atomic mass is 10.1. The number of amides is 1. The van der Waals surface area contributed by atoms with Gasteiger partial charge in [-0.1, -0.05) is 36.4 Å². The third-order valence-corrected chi connectivity index (χ3v) is 2.79. The van der Waals surface area contributed by atoms with Gasteiger partial charge >= 0.3 is 0 Å². The van der Waals surface area contributed by atoms with Gasteiger partial charge in [-0.05, 0) is 35.4 Å². The van der Waals surface area contributed by atoms with E-state index in [2.05, 4.69) is 0 Å². The molecule has 0 bridgehead atoms. The Labute approximate surface area is 106 Å². The van der Waals surface area contributed by atoms with E-state index in [4.69, 9.17) is 5.21 Å². The van der Waals surface area contributed by atoms with E-state index in [1.54, 1.807) is 13.0 Å². The first-order valence-electron chi connectivity index (χ1n) is 5.72. The topological polar surface area (TPSA) is 40.5 Å². The lowest BCUT2D eigenvalue weighted by Gasteiger charge is -2.08. The van der Waals surface area contributed by atoms with Crippen molar-refractivity contribution in [2.75, 3.05) is 7.05 Å². The summed E-state index contributed by atoms with van der Waals surface area (Å²) in [6.45, 7) is 1.68. The van der Waals surface area contributed by atoms with E-state index in [-0.39, 0.29) is 0 Å². The summed E-state index contributed by atoms with van der Waals surface area (Å²) in [7, 11) is 1.32. The van der Waals surface area contributed by atoms with E-state index in [1.807, 2.05) is 42.5 Å². The molecule has 0 aliphatic rings. The van der Waals surface area contributed by atoms with Gasteiger partial charge in [-0.15, -0.1) is 0 Å². The summed E-state index contributed by atoms with van der Waals surface area (Å²) in [6.07, 6.45) is 1.77. The standard InChI is InChI=1S/C15H15NO2/c1-11(15(17)16(2)18)9-12-7-8-13-5-3-4-6-14(13)10-12/h3-10,18H,1-2H3/b11-9+. The number of hydrogen-bond acceptors (Lipinski definition) is 2. The average Bonchev–Trinajstić information content (AvgIpc) is 2.37. The number of likely N-dealkylation sites (N-methyl/N-ethyl adjacent to an activating group) is 1. The maximum absolute atomic E-state index is 11.5. The number of carbonyl (C=O) groups is 1. The van der Waals surface area contributed by atoms with E-state index in [9.17, 15) is 4.79 Å². The molecule has 0 aliphatic carbocycles. The molecular formula is C15H15NO2. The van der Waals surface area contributed by atoms with Crippen LogP contribution >= 0.6 is 0 Å². The minimum absolute atomic E-state index is 0.400. The molecule has 2 rings (SSSR count). The first-order chi connectivity index (χ1) is 8.58. The van der Waals surface area contributed by atoms with E-state index < -0.39 is 5.91 Å². The third kappa shape index (κ3) is 2.57. The summed E-state index contributed by atoms with van der Waals surface area (Å²) >= 11 is 0. The normalized spacial score (nSPS) is 11.6. The molecule has 0 radical (unpaired) electrons. The van der Waals surface area contributed by atoms with Gasteiger partial charge in [0.25, 0.3) is 5.91 Å². The highest BCUT2D eigenvalue weighted by molar-refractivity contribution is 5.97. The molecule has 1 N–H and O–H groups in total. The monoisotopic (exact) mass is 241 g/mol. The first kappa shape index (κ1) is 12.3. The number of rotatable bonds is 2. The number of carbonyl (C=O) groups excluding carboxylic acids is 1. The summed E-state index contributed by atoms with van der Waals surface area (Å²) < 4.78 is 0. The molecule has 3 nitrogen and oxygen atoms in total. The summed E-state index contributed by atoms with van der Waals surface area (Å²) in [6, 6.07) is 14.0. The molecule has 0 unspecified atom stereocenters. The average molecular weight is 241 g/mol. The summed E-state index contributed by atoms with van der Waals surface area (Å²) in [4.78, 5) is 11.5. The van der Waals surface area contributed by atoms with Crippen LogP contribution in [0.4, 0.5) is 0 Å². The van der Waals surface area contributed by atoms with Gasteiger partial charge in [0.1, 0.15) is 0 Å². The molecule has 0 spiro atoms. The minimum atomic E-state index is -0.400. The Bertz CT molecular complexity index is 615. The zero-order valence-electron chi connectivity index (χ0n) is 10.4. The first-order valence-corrected chi connectivity index (χ1v) is 5.72. The van der Waals surface area contributed by atoms with Gasteiger partial charge < -0.3 is 0 Å². The maximum atomic E-state index is 11.5. The van der Waals surface area contributed by atoms with Crippen LogP contribution in [0, 0.1) is 0 Å². The number of nitrogens with zero attached hydrogens (tertiary/aromatic N) is 1. The molecule has 92 valence electrons. The van der Waals surface area contributed by atoms with E-state index >= 15 is 0 Å². The van der Waals surface area contributed by atoms with Crippen LogP contribution in [-0.4, -0.2) is 23.2 Å². The van der Waals surface area contributed by atoms with Crippen molar-refractivity contribution in [3.8, 4) is 0 Å². The Balaban J connectivity index is 2.37. The summed E-state index contributed by atoms with van der Waals surface area (Å²) in [5.74, 6) is -0.400. The number of benzene rings is 2. The van der Waals surface area contributed by atoms with Gasteiger partial charge in [0.05, 0.1) is 0 Å². The molecule has 0 aromatic heterocycles. The smallest absolute Gasteiger partial charge is 0.272 e. The Hall–Kier alpha value is -2.13. The SMILES string of the molecule is C/C(=C\c1ccc2ccccc2c1)C(=O)N(C)O. The molecule has 0 heterocycles. The summed E-state index contributed by atoms with van der Waals surface area (Å²) in [5.41, 5.74) is 1.44. The molecule has 0 fully saturated rings. The lowest BCUT2D eigenvalue weighted by molar-refractivity contribution is -0.154. The van der Waals surface area contributed by atoms with Crippen LogP contribution in [0.25, 0.3) is 16.8 Å². The van der Waals surface area contributed by atoms with E-state index in [0.717, 1.165) is 16.3 Å². The fourth-order valence-corrected chi connectivity index (χ4v) is 1.86. The molecule has 0 saturated heterocycles. The molecule has 0 saturated carbocycles. The van der Waals surface area contributed by atoms with Crippen molar-refractivity contribution in [2.45, 2.75) is 6.92 Å². The number of hydroxylamine groups is 2. The van der Waals surface area contributed by atoms with E-state index in [1.165, 1.54) is 7.05 Å². The van der Waals surface area contributed by atoms with Crippen molar-refractivity contribution in [3.63, 3.8) is 0 Å². The van der Waals surface area contributed by atoms with Crippen molar-refractivity contribution >= 4 is 22.8 Å². The van der Waals surface area contributed by atoms with Crippen LogP contribution in [0.2, 0.25) is 0 Å². The Morgan fingerprint density at radius 2 is 1.83 bits per heavy atom. The van der Waals surface area contributed by atoms with Crippen molar-refractivity contribution < 1.29 is 10.0 Å². The highest BCUT2D eigenvalue weighted by Gasteiger charge is 2.07. The van der Waals surface area contributed by atoms with Crippen LogP contribution < -0.4 is 0 Å². The highest BCUT2D eigenvalue weighted by atomic mass is 16.5. The molecular weight excluding hydrogens is 226 g/mol. The second kappa shape index (κ2) is 5.02. The fraction of sp³-hybridized carbons (Fsp3) is 0.133. The van der Waals surface area contributed by atoms with Gasteiger partial charge in [-0.3, -0.25) is 10.0 Å². The van der Waals surface area contributed by atoms with Gasteiger partial charge in [-0.2, -0.15) is 0 Å². The van der Waals surface area contributed by atoms with Gasteiger partial charge in [-0.25, -0.2) is 5.06 Å². The minimum Gasteiger partial charge on any atom is -0.286 e. The zero-order chi connectivity index (χ0) is 13.1. The predicted octanol–water partition coefficient (Wildman–Crippen LogP) is 3.09. The van der Waals surface area contributed by atoms with Crippen molar-refractivity contribution in [3.05, 3.63) is 53.6 Å². The molecule has 3 heteroatoms. The van der Waals surface area contributed by atoms with Crippen LogP contribution in [0.3, 0.4) is 0 Å². The van der Waals surface area contributed by atoms with Crippen molar-refractivity contribution in [1.29, 1.82) is 0 Å². The van der Waals surface area contributed by atoms with Crippen molar-refractivity contribution in [1.82, 2.24) is 5.06 Å². The quantitative estimate of drug-likeness (QED) is 0.498. The molecule has 2 aromatic carbocycles. The number of hydrogen-bond donors (Lipinski definition) is 1. The van der Waals surface area contributed by atoms with Crippen LogP contribution in [0.1, 0.15) is 12.5 Å². The van der Waals surface area contributed by atoms with Gasteiger partial charge in [0.2, 0.25) is 0 Å². The van der Waals surface area contributed by atoms with Gasteiger partial charge in [0.15, 0.2) is 0 Å². The number of fused-ring (bicyclic) bond motifs is 1. The van der Waals surface area contributed by atoms with Crippen LogP contribution in [0.5, 0.6) is 0 Å². The van der Waals surface area contributed by atoms with Crippen LogP contribution in [-0.2, 0) is 4.79 Å². The Morgan fingerprint density at radius 1 is 1.17 bits per heavy atom. The summed E-state index contributed by atoms with van der Waals surface area (Å²) in [5, 5.41) is 12.0. The van der Waals surface area contributed by atoms with Crippen LogP contribution in [0.15, 0.2) is 48.0 Å². The van der Waals surface area contributed by atoms with Gasteiger partial charge in [0, 0.05) is 12.6 Å². The Kier molecular flexibility index (Phi) is 3.44. The third-order valence-electron chi connectivity index (χ3n) is 2.79. The molecule has 0 aliphatic heterocycles. The maximum Gasteiger partial charge on any atom is 0.272 e. The van der Waals surface area contributed by atoms with E-state index in [0.29, 0.717) is 10.6 Å². The second-order valence-electron chi connectivity index (χ2n) is 4.26. The Morgan fingerprint density at radius 3 is 2.50 bits per heavy atom.